The second-order valence-corrected chi connectivity index (χ2v) is 20.9. The van der Waals surface area contributed by atoms with Gasteiger partial charge in [-0.1, -0.05) is 265 Å². The van der Waals surface area contributed by atoms with Crippen LogP contribution in [0.2, 0.25) is 5.02 Å². The largest absolute Gasteiger partial charge is 0.494 e. The summed E-state index contributed by atoms with van der Waals surface area (Å²) < 4.78 is 24.4. The van der Waals surface area contributed by atoms with Gasteiger partial charge < -0.3 is 24.3 Å². The first-order chi connectivity index (χ1) is 35.4. The Morgan fingerprint density at radius 2 is 0.972 bits per heavy atom. The average Bonchev–Trinajstić information content (AvgIpc) is 3.67. The molecule has 1 aliphatic carbocycles. The fraction of sp³-hybridized carbons (Fsp3) is 0.594. The number of unbranched alkanes of at least 4 members (excludes halogenated alkanes) is 28. The van der Waals surface area contributed by atoms with E-state index in [2.05, 4.69) is 18.3 Å². The number of nitrogens with one attached hydrogen (secondary N) is 1. The van der Waals surface area contributed by atoms with Crippen molar-refractivity contribution in [2.75, 3.05) is 19.8 Å². The Bertz CT molecular complexity index is 2060. The molecule has 396 valence electrons. The van der Waals surface area contributed by atoms with Gasteiger partial charge in [0.05, 0.1) is 6.61 Å². The van der Waals surface area contributed by atoms with Crippen LogP contribution >= 0.6 is 11.6 Å². The lowest BCUT2D eigenvalue weighted by Crippen LogP contribution is -2.44. The number of carbonyl (C=O) groups excluding carboxylic acids is 2. The smallest absolute Gasteiger partial charge is 0.408 e. The van der Waals surface area contributed by atoms with E-state index < -0.39 is 23.7 Å². The van der Waals surface area contributed by atoms with Crippen LogP contribution in [0.1, 0.15) is 229 Å². The van der Waals surface area contributed by atoms with Crippen molar-refractivity contribution in [3.8, 4) is 16.9 Å². The van der Waals surface area contributed by atoms with Gasteiger partial charge in [0.1, 0.15) is 18.4 Å². The van der Waals surface area contributed by atoms with E-state index in [4.69, 9.17) is 30.5 Å². The first-order valence-electron chi connectivity index (χ1n) is 28.8. The van der Waals surface area contributed by atoms with Crippen molar-refractivity contribution in [1.29, 1.82) is 0 Å². The van der Waals surface area contributed by atoms with Crippen LogP contribution in [0, 0.1) is 0 Å². The zero-order valence-corrected chi connectivity index (χ0v) is 45.4. The van der Waals surface area contributed by atoms with Crippen LogP contribution in [0.15, 0.2) is 97.1 Å². The predicted octanol–water partition coefficient (Wildman–Crippen LogP) is 18.6. The summed E-state index contributed by atoms with van der Waals surface area (Å²) in [5.41, 5.74) is 3.81. The molecule has 0 saturated carbocycles. The summed E-state index contributed by atoms with van der Waals surface area (Å²) in [6.07, 6.45) is 39.9. The number of hydrogen-bond donors (Lipinski definition) is 1. The van der Waals surface area contributed by atoms with E-state index in [0.717, 1.165) is 59.4 Å². The second-order valence-electron chi connectivity index (χ2n) is 20.5. The maximum Gasteiger partial charge on any atom is 0.408 e. The molecule has 0 aromatic heterocycles. The van der Waals surface area contributed by atoms with E-state index in [1.165, 1.54) is 180 Å². The maximum atomic E-state index is 14.0. The number of rotatable bonds is 41. The highest BCUT2D eigenvalue weighted by atomic mass is 35.5. The van der Waals surface area contributed by atoms with E-state index in [9.17, 15) is 9.59 Å². The first-order valence-corrected chi connectivity index (χ1v) is 29.2. The summed E-state index contributed by atoms with van der Waals surface area (Å²) in [6, 6.07) is 29.8. The molecule has 0 radical (unpaired) electrons. The molecule has 1 N–H and O–H groups in total. The van der Waals surface area contributed by atoms with Crippen LogP contribution in [0.4, 0.5) is 4.79 Å². The van der Waals surface area contributed by atoms with Crippen molar-refractivity contribution in [2.45, 2.75) is 225 Å². The fourth-order valence-electron chi connectivity index (χ4n) is 10.2. The van der Waals surface area contributed by atoms with Gasteiger partial charge in [0.25, 0.3) is 0 Å². The SMILES string of the molecule is CCCCCCCCCCCCCCCCCCCCCCOCCCCCCCCCCCCOc1ccc2c(c1)C(OC(=O)[C@H](C)NC(=O)OCc1ccccc1)(c1ccc(Cl)cc1)c1ccccc1-2. The lowest BCUT2D eigenvalue weighted by Gasteiger charge is -2.33. The number of halogens is 1. The van der Waals surface area contributed by atoms with Gasteiger partial charge in [-0.25, -0.2) is 9.59 Å². The molecule has 0 aliphatic heterocycles. The molecule has 72 heavy (non-hydrogen) atoms. The van der Waals surface area contributed by atoms with Crippen molar-refractivity contribution in [3.63, 3.8) is 0 Å². The third-order valence-corrected chi connectivity index (χ3v) is 14.7. The first kappa shape index (κ1) is 58.6. The summed E-state index contributed by atoms with van der Waals surface area (Å²) in [6.45, 7) is 6.45. The molecule has 5 rings (SSSR count). The topological polar surface area (TPSA) is 83.1 Å². The molecule has 8 heteroatoms. The summed E-state index contributed by atoms with van der Waals surface area (Å²) in [5, 5.41) is 3.24. The lowest BCUT2D eigenvalue weighted by molar-refractivity contribution is -0.155. The second kappa shape index (κ2) is 35.8. The summed E-state index contributed by atoms with van der Waals surface area (Å²) in [7, 11) is 0. The minimum atomic E-state index is -1.31. The maximum absolute atomic E-state index is 14.0. The molecule has 4 aromatic carbocycles. The van der Waals surface area contributed by atoms with Crippen LogP contribution in [-0.2, 0) is 31.2 Å². The molecule has 0 heterocycles. The zero-order chi connectivity index (χ0) is 50.7. The van der Waals surface area contributed by atoms with Crippen LogP contribution in [0.3, 0.4) is 0 Å². The van der Waals surface area contributed by atoms with E-state index in [-0.39, 0.29) is 6.61 Å². The molecule has 0 fully saturated rings. The van der Waals surface area contributed by atoms with E-state index >= 15 is 0 Å². The highest BCUT2D eigenvalue weighted by molar-refractivity contribution is 6.30. The number of hydrogen-bond acceptors (Lipinski definition) is 6. The van der Waals surface area contributed by atoms with Crippen LogP contribution < -0.4 is 10.1 Å². The molecule has 0 saturated heterocycles. The quantitative estimate of drug-likeness (QED) is 0.0352. The Morgan fingerprint density at radius 3 is 1.50 bits per heavy atom. The van der Waals surface area contributed by atoms with Gasteiger partial charge in [-0.3, -0.25) is 0 Å². The summed E-state index contributed by atoms with van der Waals surface area (Å²) >= 11 is 6.38. The molecule has 0 spiro atoms. The molecular formula is C64H92ClNO6. The minimum Gasteiger partial charge on any atom is -0.494 e. The number of alkyl carbamates (subject to hydrolysis) is 1. The van der Waals surface area contributed by atoms with Crippen molar-refractivity contribution >= 4 is 23.7 Å². The standard InChI is InChI=1S/C64H92ClNO6/c1-3-4-5-6-7-8-9-10-11-12-13-14-15-16-17-18-21-24-27-35-48-69-49-36-28-25-22-19-20-23-26-29-37-50-70-57-46-47-59-58-40-33-34-41-60(58)64(61(59)51-57,55-42-44-56(65)45-43-55)72-62(67)53(2)66-63(68)71-52-54-38-31-30-32-39-54/h30-34,38-47,51,53H,3-29,35-37,48-50,52H2,1-2H3,(H,66,68)/t53-,64?/m0/s1. The minimum absolute atomic E-state index is 0.0865. The van der Waals surface area contributed by atoms with Crippen molar-refractivity contribution in [2.24, 2.45) is 0 Å². The zero-order valence-electron chi connectivity index (χ0n) is 44.7. The molecule has 1 amide bonds. The Labute approximate surface area is 441 Å². The highest BCUT2D eigenvalue weighted by Crippen LogP contribution is 2.54. The third kappa shape index (κ3) is 21.3. The Balaban J connectivity index is 0.882. The van der Waals surface area contributed by atoms with Gasteiger partial charge in [0.2, 0.25) is 0 Å². The van der Waals surface area contributed by atoms with Gasteiger partial charge in [0.15, 0.2) is 5.60 Å². The third-order valence-electron chi connectivity index (χ3n) is 14.5. The highest BCUT2D eigenvalue weighted by Gasteiger charge is 2.49. The summed E-state index contributed by atoms with van der Waals surface area (Å²) in [4.78, 5) is 26.8. The Hall–Kier alpha value is -4.33. The van der Waals surface area contributed by atoms with Gasteiger partial charge in [0, 0.05) is 34.9 Å². The van der Waals surface area contributed by atoms with Gasteiger partial charge in [-0.2, -0.15) is 0 Å². The molecule has 4 aromatic rings. The van der Waals surface area contributed by atoms with E-state index in [1.807, 2.05) is 78.9 Å². The number of amides is 1. The van der Waals surface area contributed by atoms with Crippen LogP contribution in [-0.4, -0.2) is 37.9 Å². The van der Waals surface area contributed by atoms with Crippen LogP contribution in [0.25, 0.3) is 11.1 Å². The molecule has 7 nitrogen and oxygen atoms in total. The normalized spacial score (nSPS) is 14.2. The number of carbonyl (C=O) groups is 2. The molecule has 2 atom stereocenters. The molecular weight excluding hydrogens is 914 g/mol. The molecule has 0 bridgehead atoms. The number of fused-ring (bicyclic) bond motifs is 3. The monoisotopic (exact) mass is 1010 g/mol. The van der Waals surface area contributed by atoms with E-state index in [1.54, 1.807) is 19.1 Å². The predicted molar refractivity (Wildman–Crippen MR) is 299 cm³/mol. The lowest BCUT2D eigenvalue weighted by atomic mass is 9.83. The van der Waals surface area contributed by atoms with Crippen molar-refractivity contribution in [3.05, 3.63) is 124 Å². The summed E-state index contributed by atoms with van der Waals surface area (Å²) in [5.74, 6) is 0.111. The van der Waals surface area contributed by atoms with Crippen molar-refractivity contribution in [1.82, 2.24) is 5.32 Å². The average molecular weight is 1010 g/mol. The van der Waals surface area contributed by atoms with Gasteiger partial charge >= 0.3 is 12.1 Å². The Morgan fingerprint density at radius 1 is 0.514 bits per heavy atom. The van der Waals surface area contributed by atoms with Crippen molar-refractivity contribution < 1.29 is 28.5 Å². The van der Waals surface area contributed by atoms with Gasteiger partial charge in [-0.05, 0) is 67.1 Å². The fourth-order valence-corrected chi connectivity index (χ4v) is 10.3. The molecule has 1 aliphatic rings. The van der Waals surface area contributed by atoms with E-state index in [0.29, 0.717) is 17.4 Å². The van der Waals surface area contributed by atoms with Crippen LogP contribution in [0.5, 0.6) is 5.75 Å². The number of benzene rings is 4. The number of esters is 1. The number of ether oxygens (including phenoxy) is 4. The Kier molecular flexibility index (Phi) is 29.1. The van der Waals surface area contributed by atoms with Gasteiger partial charge in [-0.15, -0.1) is 0 Å². The molecule has 1 unspecified atom stereocenters.